The summed E-state index contributed by atoms with van der Waals surface area (Å²) in [4.78, 5) is 5.07. The van der Waals surface area contributed by atoms with E-state index in [0.717, 1.165) is 0 Å². The molecule has 0 saturated carbocycles. The van der Waals surface area contributed by atoms with E-state index in [1.54, 1.807) is 0 Å². The minimum absolute atomic E-state index is 0.673. The van der Waals surface area contributed by atoms with E-state index in [0.29, 0.717) is 5.92 Å². The molecule has 0 radical (unpaired) electrons. The average molecular weight is 246 g/mol. The molecule has 1 aliphatic heterocycles. The molecule has 0 N–H and O–H groups in total. The van der Waals surface area contributed by atoms with Gasteiger partial charge in [0.15, 0.2) is 0 Å². The highest BCUT2D eigenvalue weighted by molar-refractivity contribution is 5.18. The molecule has 18 heavy (non-hydrogen) atoms. The quantitative estimate of drug-likeness (QED) is 0.806. The second kappa shape index (κ2) is 6.91. The van der Waals surface area contributed by atoms with Crippen LogP contribution in [0.1, 0.15) is 31.2 Å². The van der Waals surface area contributed by atoms with Crippen molar-refractivity contribution in [3.8, 4) is 0 Å². The Kier molecular flexibility index (Phi) is 5.21. The van der Waals surface area contributed by atoms with Crippen LogP contribution in [0, 0.1) is 0 Å². The van der Waals surface area contributed by atoms with Crippen molar-refractivity contribution in [1.82, 2.24) is 9.80 Å². The number of nitrogens with zero attached hydrogens (tertiary/aromatic N) is 2. The molecule has 0 aromatic heterocycles. The maximum Gasteiger partial charge on any atom is 0.0109 e. The van der Waals surface area contributed by atoms with Crippen LogP contribution in [0.5, 0.6) is 0 Å². The Hall–Kier alpha value is -0.860. The van der Waals surface area contributed by atoms with Crippen LogP contribution in [0.3, 0.4) is 0 Å². The fraction of sp³-hybridized carbons (Fsp3) is 0.625. The van der Waals surface area contributed by atoms with Gasteiger partial charge in [0.25, 0.3) is 0 Å². The molecule has 100 valence electrons. The van der Waals surface area contributed by atoms with Gasteiger partial charge in [-0.05, 0) is 51.0 Å². The zero-order valence-corrected chi connectivity index (χ0v) is 11.8. The lowest BCUT2D eigenvalue weighted by Gasteiger charge is -2.22. The topological polar surface area (TPSA) is 6.48 Å². The predicted octanol–water partition coefficient (Wildman–Crippen LogP) is 2.82. The van der Waals surface area contributed by atoms with Gasteiger partial charge in [0.1, 0.15) is 0 Å². The molecule has 0 aliphatic carbocycles. The maximum absolute atomic E-state index is 2.63. The lowest BCUT2D eigenvalue weighted by atomic mass is 9.98. The second-order valence-corrected chi connectivity index (χ2v) is 5.60. The molecule has 0 unspecified atom stereocenters. The first kappa shape index (κ1) is 13.6. The third kappa shape index (κ3) is 4.11. The highest BCUT2D eigenvalue weighted by atomic mass is 15.2. The fourth-order valence-corrected chi connectivity index (χ4v) is 2.65. The van der Waals surface area contributed by atoms with Gasteiger partial charge in [-0.15, -0.1) is 0 Å². The first-order valence-electron chi connectivity index (χ1n) is 7.21. The molecule has 1 aromatic rings. The molecule has 1 aromatic carbocycles. The molecule has 1 saturated heterocycles. The van der Waals surface area contributed by atoms with Gasteiger partial charge in [0.2, 0.25) is 0 Å². The minimum Gasteiger partial charge on any atom is -0.305 e. The van der Waals surface area contributed by atoms with E-state index in [1.165, 1.54) is 51.1 Å². The molecule has 1 fully saturated rings. The van der Waals surface area contributed by atoms with Crippen LogP contribution in [0.4, 0.5) is 0 Å². The van der Waals surface area contributed by atoms with Gasteiger partial charge in [0, 0.05) is 13.1 Å². The smallest absolute Gasteiger partial charge is 0.0109 e. The summed E-state index contributed by atoms with van der Waals surface area (Å²) >= 11 is 0. The van der Waals surface area contributed by atoms with Crippen molar-refractivity contribution in [3.05, 3.63) is 35.9 Å². The predicted molar refractivity (Wildman–Crippen MR) is 78.0 cm³/mol. The molecule has 1 heterocycles. The first-order valence-corrected chi connectivity index (χ1v) is 7.21. The standard InChI is InChI=1S/C16H26N2/c1-15(16-7-4-3-5-8-16)9-12-18-11-6-10-17(2)13-14-18/h3-5,7-8,15H,6,9-14H2,1-2H3/t15-/m0/s1. The summed E-state index contributed by atoms with van der Waals surface area (Å²) in [5, 5.41) is 0. The highest BCUT2D eigenvalue weighted by Crippen LogP contribution is 2.19. The lowest BCUT2D eigenvalue weighted by molar-refractivity contribution is 0.268. The van der Waals surface area contributed by atoms with Crippen molar-refractivity contribution in [2.75, 3.05) is 39.8 Å². The van der Waals surface area contributed by atoms with Crippen molar-refractivity contribution in [2.45, 2.75) is 25.7 Å². The van der Waals surface area contributed by atoms with Crippen molar-refractivity contribution in [3.63, 3.8) is 0 Å². The van der Waals surface area contributed by atoms with E-state index in [9.17, 15) is 0 Å². The van der Waals surface area contributed by atoms with Crippen molar-refractivity contribution < 1.29 is 0 Å². The van der Waals surface area contributed by atoms with Crippen LogP contribution < -0.4 is 0 Å². The van der Waals surface area contributed by atoms with E-state index >= 15 is 0 Å². The zero-order valence-electron chi connectivity index (χ0n) is 11.8. The summed E-state index contributed by atoms with van der Waals surface area (Å²) in [6.07, 6.45) is 2.59. The van der Waals surface area contributed by atoms with Crippen molar-refractivity contribution in [1.29, 1.82) is 0 Å². The largest absolute Gasteiger partial charge is 0.305 e. The van der Waals surface area contributed by atoms with Crippen LogP contribution in [0.2, 0.25) is 0 Å². The molecule has 0 spiro atoms. The van der Waals surface area contributed by atoms with Crippen LogP contribution in [0.15, 0.2) is 30.3 Å². The molecule has 0 bridgehead atoms. The third-order valence-electron chi connectivity index (χ3n) is 4.06. The van der Waals surface area contributed by atoms with E-state index in [4.69, 9.17) is 0 Å². The Labute approximate surface area is 112 Å². The molecule has 2 nitrogen and oxygen atoms in total. The summed E-state index contributed by atoms with van der Waals surface area (Å²) in [7, 11) is 2.23. The SMILES string of the molecule is C[C@@H](CCN1CCCN(C)CC1)c1ccccc1. The van der Waals surface area contributed by atoms with Gasteiger partial charge < -0.3 is 9.80 Å². The Bertz CT molecular complexity index is 336. The Morgan fingerprint density at radius 2 is 1.83 bits per heavy atom. The Morgan fingerprint density at radius 1 is 1.06 bits per heavy atom. The van der Waals surface area contributed by atoms with Crippen LogP contribution in [-0.4, -0.2) is 49.6 Å². The van der Waals surface area contributed by atoms with E-state index < -0.39 is 0 Å². The molecule has 2 heteroatoms. The normalized spacial score (nSPS) is 20.6. The summed E-state index contributed by atoms with van der Waals surface area (Å²) < 4.78 is 0. The number of rotatable bonds is 4. The number of benzene rings is 1. The Morgan fingerprint density at radius 3 is 2.61 bits per heavy atom. The van der Waals surface area contributed by atoms with E-state index in [2.05, 4.69) is 54.1 Å². The van der Waals surface area contributed by atoms with Crippen LogP contribution in [0.25, 0.3) is 0 Å². The minimum atomic E-state index is 0.673. The van der Waals surface area contributed by atoms with Gasteiger partial charge >= 0.3 is 0 Å². The van der Waals surface area contributed by atoms with Crippen LogP contribution >= 0.6 is 0 Å². The van der Waals surface area contributed by atoms with Gasteiger partial charge in [-0.3, -0.25) is 0 Å². The third-order valence-corrected chi connectivity index (χ3v) is 4.06. The maximum atomic E-state index is 2.63. The summed E-state index contributed by atoms with van der Waals surface area (Å²) in [5.74, 6) is 0.673. The zero-order chi connectivity index (χ0) is 12.8. The monoisotopic (exact) mass is 246 g/mol. The van der Waals surface area contributed by atoms with Crippen molar-refractivity contribution >= 4 is 0 Å². The summed E-state index contributed by atoms with van der Waals surface area (Å²) in [6.45, 7) is 8.57. The Balaban J connectivity index is 1.77. The molecule has 2 rings (SSSR count). The highest BCUT2D eigenvalue weighted by Gasteiger charge is 2.13. The van der Waals surface area contributed by atoms with Gasteiger partial charge in [-0.25, -0.2) is 0 Å². The molecule has 1 atom stereocenters. The molecule has 1 aliphatic rings. The van der Waals surface area contributed by atoms with Gasteiger partial charge in [0.05, 0.1) is 0 Å². The van der Waals surface area contributed by atoms with Gasteiger partial charge in [-0.1, -0.05) is 37.3 Å². The van der Waals surface area contributed by atoms with E-state index in [1.807, 2.05) is 0 Å². The lowest BCUT2D eigenvalue weighted by Crippen LogP contribution is -2.30. The summed E-state index contributed by atoms with van der Waals surface area (Å²) in [6, 6.07) is 10.9. The number of hydrogen-bond donors (Lipinski definition) is 0. The van der Waals surface area contributed by atoms with Crippen LogP contribution in [-0.2, 0) is 0 Å². The van der Waals surface area contributed by atoms with Gasteiger partial charge in [-0.2, -0.15) is 0 Å². The number of likely N-dealkylation sites (N-methyl/N-ethyl adjacent to an activating group) is 1. The second-order valence-electron chi connectivity index (χ2n) is 5.60. The first-order chi connectivity index (χ1) is 8.75. The fourth-order valence-electron chi connectivity index (χ4n) is 2.65. The molecular weight excluding hydrogens is 220 g/mol. The average Bonchev–Trinajstić information content (AvgIpc) is 2.62. The van der Waals surface area contributed by atoms with E-state index in [-0.39, 0.29) is 0 Å². The molecule has 0 amide bonds. The summed E-state index contributed by atoms with van der Waals surface area (Å²) in [5.41, 5.74) is 1.48. The number of hydrogen-bond acceptors (Lipinski definition) is 2. The van der Waals surface area contributed by atoms with Crippen molar-refractivity contribution in [2.24, 2.45) is 0 Å². The molecular formula is C16H26N2.